The third-order valence-corrected chi connectivity index (χ3v) is 4.01. The lowest BCUT2D eigenvalue weighted by molar-refractivity contribution is 0.276. The van der Waals surface area contributed by atoms with E-state index in [0.717, 1.165) is 32.6 Å². The highest BCUT2D eigenvalue weighted by atomic mass is 79.9. The minimum atomic E-state index is -0.0744. The molecule has 0 aliphatic carbocycles. The smallest absolute Gasteiger partial charge is 0.152 e. The molecule has 0 aliphatic heterocycles. The van der Waals surface area contributed by atoms with Crippen molar-refractivity contribution in [1.82, 2.24) is 9.38 Å². The quantitative estimate of drug-likeness (QED) is 0.750. The largest absolute Gasteiger partial charge is 0.390 e. The number of fused-ring (bicyclic) bond motifs is 1. The van der Waals surface area contributed by atoms with Crippen LogP contribution < -0.4 is 0 Å². The molecule has 0 bridgehead atoms. The number of aryl methyl sites for hydroxylation is 1. The van der Waals surface area contributed by atoms with Gasteiger partial charge < -0.3 is 5.11 Å². The fourth-order valence-electron chi connectivity index (χ4n) is 2.27. The fourth-order valence-corrected chi connectivity index (χ4v) is 3.04. The molecule has 0 spiro atoms. The van der Waals surface area contributed by atoms with Crippen LogP contribution in [0.25, 0.3) is 16.9 Å². The van der Waals surface area contributed by atoms with Gasteiger partial charge in [-0.25, -0.2) is 4.98 Å². The second-order valence-corrected chi connectivity index (χ2v) is 5.92. The first-order chi connectivity index (χ1) is 9.60. The maximum atomic E-state index is 9.70. The first kappa shape index (κ1) is 13.6. The summed E-state index contributed by atoms with van der Waals surface area (Å²) in [7, 11) is 0. The topological polar surface area (TPSA) is 37.5 Å². The van der Waals surface area contributed by atoms with Gasteiger partial charge in [-0.15, -0.1) is 0 Å². The zero-order valence-electron chi connectivity index (χ0n) is 10.8. The van der Waals surface area contributed by atoms with Gasteiger partial charge in [0.1, 0.15) is 0 Å². The van der Waals surface area contributed by atoms with Crippen LogP contribution in [0.2, 0.25) is 5.02 Å². The average molecular weight is 352 g/mol. The Labute approximate surface area is 130 Å². The molecule has 0 fully saturated rings. The number of aliphatic hydroxyl groups excluding tert-OH is 1. The van der Waals surface area contributed by atoms with Crippen LogP contribution in [0.4, 0.5) is 0 Å². The fraction of sp³-hybridized carbons (Fsp3) is 0.133. The standard InChI is InChI=1S/C15H12BrClN2O/c1-9-6-12(16)15-18-14(13(8-20)19(15)7-9)10-2-4-11(17)5-3-10/h2-7,20H,8H2,1H3. The van der Waals surface area contributed by atoms with Gasteiger partial charge in [0, 0.05) is 16.8 Å². The van der Waals surface area contributed by atoms with Crippen molar-refractivity contribution in [1.29, 1.82) is 0 Å². The van der Waals surface area contributed by atoms with E-state index in [1.54, 1.807) is 0 Å². The number of halogens is 2. The van der Waals surface area contributed by atoms with Crippen LogP contribution in [0.1, 0.15) is 11.3 Å². The molecule has 0 atom stereocenters. The Morgan fingerprint density at radius 3 is 2.65 bits per heavy atom. The number of pyridine rings is 1. The molecular formula is C15H12BrClN2O. The third kappa shape index (κ3) is 2.24. The van der Waals surface area contributed by atoms with Crippen LogP contribution in [0.5, 0.6) is 0 Å². The van der Waals surface area contributed by atoms with Crippen LogP contribution in [-0.2, 0) is 6.61 Å². The molecule has 3 rings (SSSR count). The highest BCUT2D eigenvalue weighted by Crippen LogP contribution is 2.29. The van der Waals surface area contributed by atoms with Gasteiger partial charge in [-0.1, -0.05) is 23.7 Å². The van der Waals surface area contributed by atoms with Crippen molar-refractivity contribution >= 4 is 33.2 Å². The monoisotopic (exact) mass is 350 g/mol. The van der Waals surface area contributed by atoms with E-state index in [1.165, 1.54) is 0 Å². The van der Waals surface area contributed by atoms with Gasteiger partial charge >= 0.3 is 0 Å². The highest BCUT2D eigenvalue weighted by Gasteiger charge is 2.15. The molecular weight excluding hydrogens is 340 g/mol. The summed E-state index contributed by atoms with van der Waals surface area (Å²) in [5.41, 5.74) is 4.37. The molecule has 2 aromatic heterocycles. The minimum Gasteiger partial charge on any atom is -0.390 e. The molecule has 0 radical (unpaired) electrons. The summed E-state index contributed by atoms with van der Waals surface area (Å²) in [6, 6.07) is 9.47. The van der Waals surface area contributed by atoms with Gasteiger partial charge in [0.2, 0.25) is 0 Å². The molecule has 102 valence electrons. The molecule has 0 unspecified atom stereocenters. The number of benzene rings is 1. The summed E-state index contributed by atoms with van der Waals surface area (Å²) in [5, 5.41) is 10.4. The zero-order valence-corrected chi connectivity index (χ0v) is 13.1. The molecule has 0 saturated carbocycles. The number of imidazole rings is 1. The second-order valence-electron chi connectivity index (χ2n) is 4.63. The second kappa shape index (κ2) is 5.20. The van der Waals surface area contributed by atoms with Gasteiger partial charge in [0.25, 0.3) is 0 Å². The normalized spacial score (nSPS) is 11.2. The summed E-state index contributed by atoms with van der Waals surface area (Å²) in [6.07, 6.45) is 1.97. The van der Waals surface area contributed by atoms with Crippen molar-refractivity contribution in [2.75, 3.05) is 0 Å². The molecule has 0 amide bonds. The SMILES string of the molecule is Cc1cc(Br)c2nc(-c3ccc(Cl)cc3)c(CO)n2c1. The van der Waals surface area contributed by atoms with E-state index in [1.807, 2.05) is 47.9 Å². The Bertz CT molecular complexity index is 781. The van der Waals surface area contributed by atoms with Gasteiger partial charge in [-0.05, 0) is 46.6 Å². The van der Waals surface area contributed by atoms with E-state index < -0.39 is 0 Å². The summed E-state index contributed by atoms with van der Waals surface area (Å²) in [4.78, 5) is 4.64. The van der Waals surface area contributed by atoms with Crippen LogP contribution in [0.3, 0.4) is 0 Å². The van der Waals surface area contributed by atoms with Gasteiger partial charge in [-0.2, -0.15) is 0 Å². The first-order valence-corrected chi connectivity index (χ1v) is 7.31. The molecule has 2 heterocycles. The number of rotatable bonds is 2. The molecule has 3 nitrogen and oxygen atoms in total. The molecule has 1 N–H and O–H groups in total. The van der Waals surface area contributed by atoms with E-state index in [2.05, 4.69) is 20.9 Å². The van der Waals surface area contributed by atoms with Crippen molar-refractivity contribution in [3.8, 4) is 11.3 Å². The lowest BCUT2D eigenvalue weighted by atomic mass is 10.1. The van der Waals surface area contributed by atoms with Crippen LogP contribution in [-0.4, -0.2) is 14.5 Å². The Balaban J connectivity index is 2.30. The Hall–Kier alpha value is -1.36. The minimum absolute atomic E-state index is 0.0744. The number of aliphatic hydroxyl groups is 1. The van der Waals surface area contributed by atoms with E-state index in [0.29, 0.717) is 5.02 Å². The van der Waals surface area contributed by atoms with E-state index in [9.17, 15) is 5.11 Å². The van der Waals surface area contributed by atoms with E-state index in [4.69, 9.17) is 11.6 Å². The lowest BCUT2D eigenvalue weighted by Gasteiger charge is -2.03. The van der Waals surface area contributed by atoms with E-state index >= 15 is 0 Å². The summed E-state index contributed by atoms with van der Waals surface area (Å²) in [6.45, 7) is 1.93. The predicted molar refractivity (Wildman–Crippen MR) is 84.0 cm³/mol. The van der Waals surface area contributed by atoms with Crippen molar-refractivity contribution in [3.05, 3.63) is 57.3 Å². The molecule has 3 aromatic rings. The van der Waals surface area contributed by atoms with E-state index in [-0.39, 0.29) is 6.61 Å². The number of nitrogens with zero attached hydrogens (tertiary/aromatic N) is 2. The lowest BCUT2D eigenvalue weighted by Crippen LogP contribution is -1.95. The van der Waals surface area contributed by atoms with Gasteiger partial charge in [0.05, 0.1) is 22.5 Å². The number of aromatic nitrogens is 2. The Morgan fingerprint density at radius 1 is 1.30 bits per heavy atom. The average Bonchev–Trinajstić information content (AvgIpc) is 2.78. The molecule has 20 heavy (non-hydrogen) atoms. The van der Waals surface area contributed by atoms with Crippen LogP contribution in [0, 0.1) is 6.92 Å². The van der Waals surface area contributed by atoms with Crippen LogP contribution >= 0.6 is 27.5 Å². The van der Waals surface area contributed by atoms with Crippen molar-refractivity contribution in [3.63, 3.8) is 0 Å². The third-order valence-electron chi connectivity index (χ3n) is 3.18. The Kier molecular flexibility index (Phi) is 3.54. The Morgan fingerprint density at radius 2 is 2.00 bits per heavy atom. The number of hydrogen-bond donors (Lipinski definition) is 1. The van der Waals surface area contributed by atoms with Crippen molar-refractivity contribution < 1.29 is 5.11 Å². The van der Waals surface area contributed by atoms with Crippen molar-refractivity contribution in [2.45, 2.75) is 13.5 Å². The van der Waals surface area contributed by atoms with Gasteiger partial charge in [-0.3, -0.25) is 4.40 Å². The first-order valence-electron chi connectivity index (χ1n) is 6.14. The zero-order chi connectivity index (χ0) is 14.3. The molecule has 5 heteroatoms. The molecule has 1 aromatic carbocycles. The molecule has 0 saturated heterocycles. The maximum Gasteiger partial charge on any atom is 0.152 e. The summed E-state index contributed by atoms with van der Waals surface area (Å²) >= 11 is 9.44. The van der Waals surface area contributed by atoms with Gasteiger partial charge in [0.15, 0.2) is 5.65 Å². The van der Waals surface area contributed by atoms with Crippen molar-refractivity contribution in [2.24, 2.45) is 0 Å². The maximum absolute atomic E-state index is 9.70. The number of hydrogen-bond acceptors (Lipinski definition) is 2. The predicted octanol–water partition coefficient (Wildman–Crippen LogP) is 4.22. The molecule has 0 aliphatic rings. The summed E-state index contributed by atoms with van der Waals surface area (Å²) in [5.74, 6) is 0. The summed E-state index contributed by atoms with van der Waals surface area (Å²) < 4.78 is 2.83. The van der Waals surface area contributed by atoms with Crippen LogP contribution in [0.15, 0.2) is 41.0 Å². The highest BCUT2D eigenvalue weighted by molar-refractivity contribution is 9.10.